The van der Waals surface area contributed by atoms with Crippen molar-refractivity contribution < 1.29 is 0 Å². The third kappa shape index (κ3) is 2.68. The molecule has 2 rings (SSSR count). The van der Waals surface area contributed by atoms with Crippen LogP contribution in [0.2, 0.25) is 0 Å². The SMILES string of the molecule is CC(C)c1cc(N2CCCCC2C)nc(=O)[nH]1. The van der Waals surface area contributed by atoms with E-state index in [0.29, 0.717) is 12.0 Å². The minimum absolute atomic E-state index is 0.232. The summed E-state index contributed by atoms with van der Waals surface area (Å²) < 4.78 is 0. The molecule has 0 saturated carbocycles. The van der Waals surface area contributed by atoms with Gasteiger partial charge in [0.2, 0.25) is 0 Å². The largest absolute Gasteiger partial charge is 0.354 e. The average Bonchev–Trinajstić information content (AvgIpc) is 2.28. The Morgan fingerprint density at radius 3 is 2.88 bits per heavy atom. The van der Waals surface area contributed by atoms with Crippen LogP contribution in [0, 0.1) is 0 Å². The summed E-state index contributed by atoms with van der Waals surface area (Å²) in [5.41, 5.74) is 0.738. The standard InChI is InChI=1S/C13H21N3O/c1-9(2)11-8-12(15-13(17)14-11)16-7-5-4-6-10(16)3/h8-10H,4-7H2,1-3H3,(H,14,15,17). The van der Waals surface area contributed by atoms with Crippen LogP contribution >= 0.6 is 0 Å². The smallest absolute Gasteiger partial charge is 0.347 e. The number of piperidine rings is 1. The molecule has 0 amide bonds. The molecule has 1 aromatic heterocycles. The zero-order chi connectivity index (χ0) is 12.4. The molecule has 0 aliphatic carbocycles. The summed E-state index contributed by atoms with van der Waals surface area (Å²) in [5, 5.41) is 0. The van der Waals surface area contributed by atoms with E-state index in [2.05, 4.69) is 35.6 Å². The summed E-state index contributed by atoms with van der Waals surface area (Å²) in [6, 6.07) is 2.51. The van der Waals surface area contributed by atoms with Crippen LogP contribution in [-0.4, -0.2) is 22.6 Å². The van der Waals surface area contributed by atoms with Crippen LogP contribution < -0.4 is 10.6 Å². The summed E-state index contributed by atoms with van der Waals surface area (Å²) in [5.74, 6) is 1.16. The van der Waals surface area contributed by atoms with Crippen LogP contribution in [0.25, 0.3) is 0 Å². The van der Waals surface area contributed by atoms with Gasteiger partial charge >= 0.3 is 5.69 Å². The number of rotatable bonds is 2. The van der Waals surface area contributed by atoms with Crippen LogP contribution in [0.15, 0.2) is 10.9 Å². The molecule has 4 nitrogen and oxygen atoms in total. The van der Waals surface area contributed by atoms with Gasteiger partial charge in [0.15, 0.2) is 0 Å². The van der Waals surface area contributed by atoms with Gasteiger partial charge in [0.1, 0.15) is 5.82 Å². The molecular weight excluding hydrogens is 214 g/mol. The Morgan fingerprint density at radius 2 is 2.24 bits per heavy atom. The Morgan fingerprint density at radius 1 is 1.47 bits per heavy atom. The van der Waals surface area contributed by atoms with Crippen molar-refractivity contribution in [2.75, 3.05) is 11.4 Å². The zero-order valence-corrected chi connectivity index (χ0v) is 10.9. The first-order valence-corrected chi connectivity index (χ1v) is 6.46. The maximum absolute atomic E-state index is 11.6. The third-order valence-electron chi connectivity index (χ3n) is 3.47. The van der Waals surface area contributed by atoms with E-state index in [1.807, 2.05) is 6.07 Å². The van der Waals surface area contributed by atoms with E-state index in [9.17, 15) is 4.79 Å². The summed E-state index contributed by atoms with van der Waals surface area (Å²) in [4.78, 5) is 20.7. The molecule has 4 heteroatoms. The van der Waals surface area contributed by atoms with Gasteiger partial charge in [-0.05, 0) is 32.1 Å². The van der Waals surface area contributed by atoms with Crippen LogP contribution in [0.3, 0.4) is 0 Å². The number of nitrogens with one attached hydrogen (secondary N) is 1. The number of nitrogens with zero attached hydrogens (tertiary/aromatic N) is 2. The Balaban J connectivity index is 2.34. The fourth-order valence-electron chi connectivity index (χ4n) is 2.36. The molecule has 1 aliphatic rings. The lowest BCUT2D eigenvalue weighted by atomic mass is 10.0. The predicted molar refractivity (Wildman–Crippen MR) is 69.6 cm³/mol. The van der Waals surface area contributed by atoms with Crippen molar-refractivity contribution in [3.05, 3.63) is 22.2 Å². The molecule has 1 N–H and O–H groups in total. The molecule has 17 heavy (non-hydrogen) atoms. The first-order valence-electron chi connectivity index (χ1n) is 6.46. The highest BCUT2D eigenvalue weighted by molar-refractivity contribution is 5.41. The third-order valence-corrected chi connectivity index (χ3v) is 3.47. The van der Waals surface area contributed by atoms with Gasteiger partial charge in [-0.25, -0.2) is 4.79 Å². The molecule has 1 fully saturated rings. The topological polar surface area (TPSA) is 49.0 Å². The molecule has 0 radical (unpaired) electrons. The lowest BCUT2D eigenvalue weighted by Gasteiger charge is -2.34. The lowest BCUT2D eigenvalue weighted by molar-refractivity contribution is 0.480. The van der Waals surface area contributed by atoms with E-state index >= 15 is 0 Å². The molecule has 1 atom stereocenters. The molecular formula is C13H21N3O. The highest BCUT2D eigenvalue weighted by Gasteiger charge is 2.20. The summed E-state index contributed by atoms with van der Waals surface area (Å²) in [6.45, 7) is 7.37. The van der Waals surface area contributed by atoms with Crippen molar-refractivity contribution in [3.8, 4) is 0 Å². The van der Waals surface area contributed by atoms with E-state index in [1.54, 1.807) is 0 Å². The number of hydrogen-bond donors (Lipinski definition) is 1. The lowest BCUT2D eigenvalue weighted by Crippen LogP contribution is -2.39. The van der Waals surface area contributed by atoms with Crippen molar-refractivity contribution in [2.45, 2.75) is 52.0 Å². The van der Waals surface area contributed by atoms with Gasteiger partial charge in [0.25, 0.3) is 0 Å². The monoisotopic (exact) mass is 235 g/mol. The zero-order valence-electron chi connectivity index (χ0n) is 10.9. The van der Waals surface area contributed by atoms with Crippen molar-refractivity contribution in [1.82, 2.24) is 9.97 Å². The van der Waals surface area contributed by atoms with Crippen molar-refractivity contribution >= 4 is 5.82 Å². The molecule has 94 valence electrons. The van der Waals surface area contributed by atoms with Crippen LogP contribution in [0.4, 0.5) is 5.82 Å². The van der Waals surface area contributed by atoms with Gasteiger partial charge in [-0.3, -0.25) is 0 Å². The van der Waals surface area contributed by atoms with Gasteiger partial charge in [0, 0.05) is 24.3 Å². The van der Waals surface area contributed by atoms with E-state index < -0.39 is 0 Å². The average molecular weight is 235 g/mol. The molecule has 1 aromatic rings. The fraction of sp³-hybridized carbons (Fsp3) is 0.692. The Labute approximate surface area is 102 Å². The molecule has 0 aromatic carbocycles. The number of aromatic nitrogens is 2. The first-order chi connectivity index (χ1) is 8.08. The normalized spacial score (nSPS) is 20.9. The van der Waals surface area contributed by atoms with Crippen LogP contribution in [0.5, 0.6) is 0 Å². The quantitative estimate of drug-likeness (QED) is 0.855. The minimum atomic E-state index is -0.232. The highest BCUT2D eigenvalue weighted by atomic mass is 16.1. The van der Waals surface area contributed by atoms with Gasteiger partial charge < -0.3 is 9.88 Å². The Hall–Kier alpha value is -1.32. The van der Waals surface area contributed by atoms with Crippen molar-refractivity contribution in [1.29, 1.82) is 0 Å². The minimum Gasteiger partial charge on any atom is -0.354 e. The second-order valence-electron chi connectivity index (χ2n) is 5.19. The van der Waals surface area contributed by atoms with Crippen LogP contribution in [0.1, 0.15) is 51.6 Å². The Kier molecular flexibility index (Phi) is 3.50. The Bertz CT molecular complexity index is 439. The molecule has 2 heterocycles. The maximum atomic E-state index is 11.6. The second-order valence-corrected chi connectivity index (χ2v) is 5.19. The highest BCUT2D eigenvalue weighted by Crippen LogP contribution is 2.23. The summed E-state index contributed by atoms with van der Waals surface area (Å²) in [7, 11) is 0. The molecule has 1 unspecified atom stereocenters. The van der Waals surface area contributed by atoms with E-state index in [0.717, 1.165) is 18.1 Å². The van der Waals surface area contributed by atoms with E-state index in [-0.39, 0.29) is 5.69 Å². The van der Waals surface area contributed by atoms with E-state index in [4.69, 9.17) is 0 Å². The van der Waals surface area contributed by atoms with Gasteiger partial charge in [-0.1, -0.05) is 13.8 Å². The number of anilines is 1. The summed E-state index contributed by atoms with van der Waals surface area (Å²) >= 11 is 0. The second kappa shape index (κ2) is 4.90. The van der Waals surface area contributed by atoms with Crippen molar-refractivity contribution in [3.63, 3.8) is 0 Å². The first kappa shape index (κ1) is 12.1. The number of H-pyrrole nitrogens is 1. The number of hydrogen-bond acceptors (Lipinski definition) is 3. The molecule has 0 spiro atoms. The van der Waals surface area contributed by atoms with Crippen molar-refractivity contribution in [2.24, 2.45) is 0 Å². The fourth-order valence-corrected chi connectivity index (χ4v) is 2.36. The summed E-state index contributed by atoms with van der Waals surface area (Å²) in [6.07, 6.45) is 3.65. The van der Waals surface area contributed by atoms with Crippen LogP contribution in [-0.2, 0) is 0 Å². The van der Waals surface area contributed by atoms with Gasteiger partial charge in [-0.2, -0.15) is 4.98 Å². The molecule has 1 aliphatic heterocycles. The maximum Gasteiger partial charge on any atom is 0.347 e. The molecule has 1 saturated heterocycles. The van der Waals surface area contributed by atoms with Gasteiger partial charge in [0.05, 0.1) is 0 Å². The molecule has 0 bridgehead atoms. The number of aromatic amines is 1. The van der Waals surface area contributed by atoms with Gasteiger partial charge in [-0.15, -0.1) is 0 Å². The van der Waals surface area contributed by atoms with E-state index in [1.165, 1.54) is 19.3 Å². The predicted octanol–water partition coefficient (Wildman–Crippen LogP) is 2.27.